The van der Waals surface area contributed by atoms with E-state index in [1.807, 2.05) is 0 Å². The quantitative estimate of drug-likeness (QED) is 0.740. The molecule has 0 fully saturated rings. The summed E-state index contributed by atoms with van der Waals surface area (Å²) in [6.45, 7) is 0. The molecule has 0 aromatic heterocycles. The van der Waals surface area contributed by atoms with E-state index in [-0.39, 0.29) is 11.3 Å². The van der Waals surface area contributed by atoms with Gasteiger partial charge in [0.05, 0.1) is 0 Å². The molecule has 1 unspecified atom stereocenters. The topological polar surface area (TPSA) is 61.8 Å². The Kier molecular flexibility index (Phi) is 3.13. The van der Waals surface area contributed by atoms with Crippen molar-refractivity contribution < 1.29 is 36.3 Å². The molecular formula is C9H4F3O5P. The molecule has 1 aromatic rings. The molecule has 9 heteroatoms. The maximum atomic E-state index is 11.9. The van der Waals surface area contributed by atoms with Crippen molar-refractivity contribution in [2.45, 2.75) is 6.18 Å². The fourth-order valence-electron chi connectivity index (χ4n) is 1.09. The second kappa shape index (κ2) is 4.45. The van der Waals surface area contributed by atoms with Crippen LogP contribution in [0.25, 0.3) is 0 Å². The molecule has 0 N–H and O–H groups in total. The van der Waals surface area contributed by atoms with E-state index in [9.17, 15) is 22.8 Å². The average molecular weight is 280 g/mol. The highest BCUT2D eigenvalue weighted by atomic mass is 31.2. The van der Waals surface area contributed by atoms with Gasteiger partial charge in [0.1, 0.15) is 11.3 Å². The Balaban J connectivity index is 2.12. The SMILES string of the molecule is O=C1OP(OC(=O)C(F)(F)F)Oc2ccccc21. The van der Waals surface area contributed by atoms with E-state index in [2.05, 4.69) is 9.05 Å². The van der Waals surface area contributed by atoms with Crippen LogP contribution in [0.4, 0.5) is 13.2 Å². The summed E-state index contributed by atoms with van der Waals surface area (Å²) in [6, 6.07) is 5.76. The minimum atomic E-state index is -5.17. The van der Waals surface area contributed by atoms with Gasteiger partial charge in [-0.25, -0.2) is 9.59 Å². The van der Waals surface area contributed by atoms with E-state index in [1.54, 1.807) is 0 Å². The zero-order valence-electron chi connectivity index (χ0n) is 8.43. The van der Waals surface area contributed by atoms with Crippen molar-refractivity contribution in [3.63, 3.8) is 0 Å². The Bertz CT molecular complexity index is 501. The Morgan fingerprint density at radius 2 is 1.89 bits per heavy atom. The molecule has 1 aliphatic rings. The number of alkyl halides is 3. The highest BCUT2D eigenvalue weighted by Crippen LogP contribution is 2.47. The van der Waals surface area contributed by atoms with Gasteiger partial charge in [-0.1, -0.05) is 12.1 Å². The molecule has 0 radical (unpaired) electrons. The summed E-state index contributed by atoms with van der Waals surface area (Å²) in [6.07, 6.45) is -5.17. The molecule has 1 aliphatic heterocycles. The molecule has 0 saturated carbocycles. The van der Waals surface area contributed by atoms with E-state index in [1.165, 1.54) is 24.3 Å². The van der Waals surface area contributed by atoms with Crippen LogP contribution >= 0.6 is 8.60 Å². The van der Waals surface area contributed by atoms with Crippen LogP contribution in [0.3, 0.4) is 0 Å². The highest BCUT2D eigenvalue weighted by Gasteiger charge is 2.45. The van der Waals surface area contributed by atoms with Crippen molar-refractivity contribution >= 4 is 20.5 Å². The van der Waals surface area contributed by atoms with Gasteiger partial charge in [0.25, 0.3) is 0 Å². The van der Waals surface area contributed by atoms with Crippen LogP contribution in [0.5, 0.6) is 5.75 Å². The lowest BCUT2D eigenvalue weighted by Gasteiger charge is -2.21. The number of carbonyl (C=O) groups is 2. The number of halogens is 3. The Labute approximate surface area is 99.4 Å². The molecule has 1 heterocycles. The summed E-state index contributed by atoms with van der Waals surface area (Å²) >= 11 is 0. The third kappa shape index (κ3) is 2.53. The minimum Gasteiger partial charge on any atom is -0.407 e. The van der Waals surface area contributed by atoms with Crippen LogP contribution in [0.1, 0.15) is 10.4 Å². The number of benzene rings is 1. The van der Waals surface area contributed by atoms with Crippen LogP contribution in [0, 0.1) is 0 Å². The first kappa shape index (κ1) is 12.6. The second-order valence-corrected chi connectivity index (χ2v) is 4.06. The van der Waals surface area contributed by atoms with Gasteiger partial charge in [0.2, 0.25) is 0 Å². The molecule has 0 saturated heterocycles. The number of hydrogen-bond donors (Lipinski definition) is 0. The number of hydrogen-bond acceptors (Lipinski definition) is 5. The number of para-hydroxylation sites is 1. The van der Waals surface area contributed by atoms with E-state index in [4.69, 9.17) is 4.52 Å². The Morgan fingerprint density at radius 1 is 1.22 bits per heavy atom. The zero-order valence-corrected chi connectivity index (χ0v) is 9.33. The van der Waals surface area contributed by atoms with Gasteiger partial charge < -0.3 is 13.6 Å². The van der Waals surface area contributed by atoms with Crippen molar-refractivity contribution in [2.24, 2.45) is 0 Å². The summed E-state index contributed by atoms with van der Waals surface area (Å²) in [7, 11) is -2.72. The highest BCUT2D eigenvalue weighted by molar-refractivity contribution is 7.43. The molecule has 1 atom stereocenters. The van der Waals surface area contributed by atoms with E-state index >= 15 is 0 Å². The lowest BCUT2D eigenvalue weighted by atomic mass is 10.2. The molecular weight excluding hydrogens is 276 g/mol. The van der Waals surface area contributed by atoms with Gasteiger partial charge in [0, 0.05) is 0 Å². The predicted octanol–water partition coefficient (Wildman–Crippen LogP) is 2.57. The molecule has 18 heavy (non-hydrogen) atoms. The monoisotopic (exact) mass is 280 g/mol. The first-order valence-electron chi connectivity index (χ1n) is 4.46. The van der Waals surface area contributed by atoms with Crippen LogP contribution in [0.15, 0.2) is 24.3 Å². The Hall–Kier alpha value is -1.82. The maximum Gasteiger partial charge on any atom is 0.535 e. The third-order valence-corrected chi connectivity index (χ3v) is 2.80. The molecule has 1 aromatic carbocycles. The normalized spacial score (nSPS) is 18.4. The number of fused-ring (bicyclic) bond motifs is 1. The Morgan fingerprint density at radius 3 is 2.56 bits per heavy atom. The zero-order chi connectivity index (χ0) is 13.3. The van der Waals surface area contributed by atoms with Crippen molar-refractivity contribution in [2.75, 3.05) is 0 Å². The van der Waals surface area contributed by atoms with Gasteiger partial charge in [0.15, 0.2) is 0 Å². The minimum absolute atomic E-state index is 0.00911. The molecule has 0 amide bonds. The van der Waals surface area contributed by atoms with Gasteiger partial charge in [-0.3, -0.25) is 0 Å². The van der Waals surface area contributed by atoms with Gasteiger partial charge in [-0.05, 0) is 12.1 Å². The maximum absolute atomic E-state index is 11.9. The molecule has 5 nitrogen and oxygen atoms in total. The first-order chi connectivity index (χ1) is 8.38. The van der Waals surface area contributed by atoms with Gasteiger partial charge in [-0.2, -0.15) is 13.2 Å². The molecule has 0 spiro atoms. The lowest BCUT2D eigenvalue weighted by molar-refractivity contribution is -0.190. The molecule has 96 valence electrons. The smallest absolute Gasteiger partial charge is 0.407 e. The van der Waals surface area contributed by atoms with E-state index < -0.39 is 26.7 Å². The summed E-state index contributed by atoms with van der Waals surface area (Å²) in [4.78, 5) is 21.9. The molecule has 2 rings (SSSR count). The number of carbonyl (C=O) groups excluding carboxylic acids is 2. The summed E-state index contributed by atoms with van der Waals surface area (Å²) in [5.74, 6) is -3.37. The van der Waals surface area contributed by atoms with Crippen LogP contribution in [0.2, 0.25) is 0 Å². The summed E-state index contributed by atoms with van der Waals surface area (Å²) in [5.41, 5.74) is 0.0549. The number of rotatable bonds is 1. The van der Waals surface area contributed by atoms with Gasteiger partial charge in [-0.15, -0.1) is 0 Å². The summed E-state index contributed by atoms with van der Waals surface area (Å²) in [5, 5.41) is 0. The van der Waals surface area contributed by atoms with Crippen molar-refractivity contribution in [1.82, 2.24) is 0 Å². The fourth-order valence-corrected chi connectivity index (χ4v) is 1.99. The first-order valence-corrected chi connectivity index (χ1v) is 5.56. The lowest BCUT2D eigenvalue weighted by Crippen LogP contribution is -2.26. The standard InChI is InChI=1S/C9H4F3O5P/c10-9(11,12)8(14)17-18-15-6-4-2-1-3-5(6)7(13)16-18/h1-4H. The van der Waals surface area contributed by atoms with Crippen molar-refractivity contribution in [1.29, 1.82) is 0 Å². The van der Waals surface area contributed by atoms with Crippen molar-refractivity contribution in [3.8, 4) is 5.75 Å². The second-order valence-electron chi connectivity index (χ2n) is 3.07. The molecule has 0 bridgehead atoms. The van der Waals surface area contributed by atoms with Gasteiger partial charge >= 0.3 is 26.7 Å². The van der Waals surface area contributed by atoms with E-state index in [0.29, 0.717) is 0 Å². The van der Waals surface area contributed by atoms with Crippen molar-refractivity contribution in [3.05, 3.63) is 29.8 Å². The van der Waals surface area contributed by atoms with E-state index in [0.717, 1.165) is 0 Å². The van der Waals surface area contributed by atoms with Crippen LogP contribution < -0.4 is 4.52 Å². The third-order valence-electron chi connectivity index (χ3n) is 1.83. The average Bonchev–Trinajstić information content (AvgIpc) is 2.27. The van der Waals surface area contributed by atoms with Crippen LogP contribution in [-0.4, -0.2) is 18.1 Å². The van der Waals surface area contributed by atoms with Crippen LogP contribution in [-0.2, 0) is 13.8 Å². The predicted molar refractivity (Wildman–Crippen MR) is 51.6 cm³/mol. The largest absolute Gasteiger partial charge is 0.535 e. The molecule has 0 aliphatic carbocycles. The fraction of sp³-hybridized carbons (Fsp3) is 0.111. The summed E-state index contributed by atoms with van der Waals surface area (Å²) < 4.78 is 49.0.